The third-order valence-corrected chi connectivity index (χ3v) is 4.57. The number of halogens is 4. The summed E-state index contributed by atoms with van der Waals surface area (Å²) in [6.07, 6.45) is 0.494. The largest absolute Gasteiger partial charge is 4.00 e. The maximum Gasteiger partial charge on any atom is 4.00 e. The van der Waals surface area contributed by atoms with E-state index in [2.05, 4.69) is 48.7 Å². The molecule has 204 valence electrons. The van der Waals surface area contributed by atoms with Crippen molar-refractivity contribution < 1.29 is 48.9 Å². The summed E-state index contributed by atoms with van der Waals surface area (Å²) in [5.74, 6) is -3.99. The Morgan fingerprint density at radius 1 is 0.667 bits per heavy atom. The second-order valence-electron chi connectivity index (χ2n) is 7.80. The number of nitrogens with one attached hydrogen (secondary N) is 2. The maximum absolute atomic E-state index is 12.8. The molecule has 0 saturated heterocycles. The number of anilines is 2. The first-order valence-electron chi connectivity index (χ1n) is 11.8. The van der Waals surface area contributed by atoms with Gasteiger partial charge in [0.05, 0.1) is 0 Å². The Labute approximate surface area is 242 Å². The predicted octanol–water partition coefficient (Wildman–Crippen LogP) is 7.65. The van der Waals surface area contributed by atoms with Crippen LogP contribution in [-0.2, 0) is 31.3 Å². The number of aryl methyl sites for hydroxylation is 2. The average Bonchev–Trinajstić information content (AvgIpc) is 3.57. The van der Waals surface area contributed by atoms with E-state index in [0.717, 1.165) is 24.3 Å². The summed E-state index contributed by atoms with van der Waals surface area (Å²) in [4.78, 5) is 21.7. The van der Waals surface area contributed by atoms with Crippen LogP contribution < -0.4 is 10.6 Å². The van der Waals surface area contributed by atoms with Crippen molar-refractivity contribution >= 4 is 23.2 Å². The number of hydrogen-bond acceptors (Lipinski definition) is 2. The van der Waals surface area contributed by atoms with Crippen molar-refractivity contribution in [1.29, 1.82) is 0 Å². The molecule has 39 heavy (non-hydrogen) atoms. The third-order valence-electron chi connectivity index (χ3n) is 4.57. The molecule has 0 unspecified atom stereocenters. The molecule has 0 aliphatic carbocycles. The van der Waals surface area contributed by atoms with Gasteiger partial charge in [-0.3, -0.25) is 9.59 Å². The van der Waals surface area contributed by atoms with Gasteiger partial charge in [0.25, 0.3) is 0 Å². The average molecular weight is 574 g/mol. The molecule has 0 aliphatic heterocycles. The van der Waals surface area contributed by atoms with Gasteiger partial charge in [-0.25, -0.2) is 41.8 Å². The molecular formula is C30H30F4N2O2Ti. The molecule has 0 atom stereocenters. The molecule has 0 spiro atoms. The van der Waals surface area contributed by atoms with Crippen molar-refractivity contribution in [3.8, 4) is 0 Å². The summed E-state index contributed by atoms with van der Waals surface area (Å²) in [6, 6.07) is 24.5. The van der Waals surface area contributed by atoms with Gasteiger partial charge in [-0.1, -0.05) is 27.7 Å². The predicted molar refractivity (Wildman–Crippen MR) is 142 cm³/mol. The van der Waals surface area contributed by atoms with Gasteiger partial charge < -0.3 is 10.6 Å². The molecule has 0 fully saturated rings. The maximum atomic E-state index is 12.8. The summed E-state index contributed by atoms with van der Waals surface area (Å²) in [6.45, 7) is 7.45. The molecule has 0 saturated carbocycles. The number of amides is 2. The molecular weight excluding hydrogens is 544 g/mol. The molecule has 0 aromatic heterocycles. The Kier molecular flexibility index (Phi) is 17.8. The molecule has 0 bridgehead atoms. The summed E-state index contributed by atoms with van der Waals surface area (Å²) in [7, 11) is 0. The minimum absolute atomic E-state index is 0. The molecule has 2 N–H and O–H groups in total. The van der Waals surface area contributed by atoms with E-state index in [4.69, 9.17) is 0 Å². The second kappa shape index (κ2) is 19.6. The Balaban J connectivity index is 0.000000518. The van der Waals surface area contributed by atoms with Crippen LogP contribution in [0.15, 0.2) is 72.8 Å². The van der Waals surface area contributed by atoms with Gasteiger partial charge in [0.15, 0.2) is 0 Å². The fourth-order valence-corrected chi connectivity index (χ4v) is 2.50. The van der Waals surface area contributed by atoms with E-state index in [-0.39, 0.29) is 57.7 Å². The van der Waals surface area contributed by atoms with Gasteiger partial charge >= 0.3 is 21.7 Å². The Bertz CT molecular complexity index is 1150. The molecule has 4 aromatic carbocycles. The molecule has 2 amide bonds. The summed E-state index contributed by atoms with van der Waals surface area (Å²) in [5, 5.41) is 4.55. The standard InChI is InChI=1S/2C9H8F2NO.2C6H7.Ti/c2*1-2-9(13)12-8-4-3-6(10)5-7(8)11;2*1-6-4-2-3-5-6;/h2*3-4H,2H2,1H3,(H,12,13);2*2-5H,1H3;/q4*-1;+4. The van der Waals surface area contributed by atoms with E-state index < -0.39 is 23.3 Å². The van der Waals surface area contributed by atoms with E-state index in [0.29, 0.717) is 0 Å². The Hall–Kier alpha value is -3.49. The van der Waals surface area contributed by atoms with Gasteiger partial charge in [0.2, 0.25) is 11.8 Å². The van der Waals surface area contributed by atoms with E-state index in [1.54, 1.807) is 13.8 Å². The van der Waals surface area contributed by atoms with E-state index in [1.807, 2.05) is 36.4 Å². The van der Waals surface area contributed by atoms with Crippen LogP contribution in [-0.4, -0.2) is 11.8 Å². The first-order valence-corrected chi connectivity index (χ1v) is 11.8. The Morgan fingerprint density at radius 2 is 0.974 bits per heavy atom. The van der Waals surface area contributed by atoms with Crippen LogP contribution in [0.2, 0.25) is 0 Å². The quantitative estimate of drug-likeness (QED) is 0.150. The number of carbonyl (C=O) groups is 2. The minimum atomic E-state index is -0.887. The van der Waals surface area contributed by atoms with Gasteiger partial charge in [-0.2, -0.15) is 35.4 Å². The van der Waals surface area contributed by atoms with Crippen LogP contribution >= 0.6 is 0 Å². The molecule has 4 aromatic rings. The summed E-state index contributed by atoms with van der Waals surface area (Å²) < 4.78 is 50.4. The zero-order chi connectivity index (χ0) is 28.5. The topological polar surface area (TPSA) is 58.2 Å². The van der Waals surface area contributed by atoms with Crippen molar-refractivity contribution in [3.05, 3.63) is 119 Å². The SMILES string of the molecule is CCC(=O)Nc1ccc(F)[c-]c1F.CCC(=O)Nc1ccc(F)[c-]c1F.C[c-]1cccc1.C[c-]1cccc1.[Ti+4]. The van der Waals surface area contributed by atoms with Gasteiger partial charge in [-0.15, -0.1) is 36.4 Å². The van der Waals surface area contributed by atoms with Crippen molar-refractivity contribution in [2.45, 2.75) is 40.5 Å². The van der Waals surface area contributed by atoms with Gasteiger partial charge in [0, 0.05) is 36.1 Å². The molecule has 4 nitrogen and oxygen atoms in total. The van der Waals surface area contributed by atoms with Crippen molar-refractivity contribution in [3.63, 3.8) is 0 Å². The molecule has 0 aliphatic rings. The van der Waals surface area contributed by atoms with Gasteiger partial charge in [-0.05, 0) is 11.4 Å². The fourth-order valence-electron chi connectivity index (χ4n) is 2.50. The second-order valence-corrected chi connectivity index (χ2v) is 7.80. The fraction of sp³-hybridized carbons (Fsp3) is 0.200. The molecule has 0 radical (unpaired) electrons. The van der Waals surface area contributed by atoms with Crippen LogP contribution in [0.25, 0.3) is 0 Å². The molecule has 9 heteroatoms. The number of carbonyl (C=O) groups excluding carboxylic acids is 2. The van der Waals surface area contributed by atoms with Crippen molar-refractivity contribution in [2.24, 2.45) is 0 Å². The number of benzene rings is 2. The van der Waals surface area contributed by atoms with Crippen LogP contribution in [0.5, 0.6) is 0 Å². The Morgan fingerprint density at radius 3 is 1.18 bits per heavy atom. The summed E-state index contributed by atoms with van der Waals surface area (Å²) >= 11 is 0. The first kappa shape index (κ1) is 35.5. The van der Waals surface area contributed by atoms with E-state index in [9.17, 15) is 27.2 Å². The minimum Gasteiger partial charge on any atom is -0.377 e. The number of hydrogen-bond donors (Lipinski definition) is 2. The monoisotopic (exact) mass is 574 g/mol. The third kappa shape index (κ3) is 15.5. The normalized spacial score (nSPS) is 9.23. The van der Waals surface area contributed by atoms with Crippen LogP contribution in [0, 0.1) is 49.2 Å². The zero-order valence-corrected chi connectivity index (χ0v) is 23.7. The zero-order valence-electron chi connectivity index (χ0n) is 22.2. The van der Waals surface area contributed by atoms with Crippen molar-refractivity contribution in [1.82, 2.24) is 0 Å². The van der Waals surface area contributed by atoms with E-state index in [1.165, 1.54) is 11.1 Å². The molecule has 0 heterocycles. The first-order chi connectivity index (χ1) is 18.0. The molecule has 4 rings (SSSR count). The van der Waals surface area contributed by atoms with Crippen LogP contribution in [0.1, 0.15) is 37.8 Å². The smallest absolute Gasteiger partial charge is 0.377 e. The summed E-state index contributed by atoms with van der Waals surface area (Å²) in [5.41, 5.74) is 2.59. The number of rotatable bonds is 4. The van der Waals surface area contributed by atoms with Crippen LogP contribution in [0.4, 0.5) is 28.9 Å². The van der Waals surface area contributed by atoms with E-state index >= 15 is 0 Å². The van der Waals surface area contributed by atoms with Crippen LogP contribution in [0.3, 0.4) is 0 Å². The van der Waals surface area contributed by atoms with Gasteiger partial charge in [0.1, 0.15) is 0 Å². The van der Waals surface area contributed by atoms with Crippen molar-refractivity contribution in [2.75, 3.05) is 10.6 Å².